The summed E-state index contributed by atoms with van der Waals surface area (Å²) >= 11 is 0. The molecule has 1 aliphatic rings. The maximum Gasteiger partial charge on any atom is 0.193 e. The lowest BCUT2D eigenvalue weighted by molar-refractivity contribution is 0.403. The molecule has 4 nitrogen and oxygen atoms in total. The van der Waals surface area contributed by atoms with E-state index < -0.39 is 0 Å². The molecular formula is C18H25FN4. The first-order chi connectivity index (χ1) is 11.0. The van der Waals surface area contributed by atoms with Crippen LogP contribution < -0.4 is 5.32 Å². The highest BCUT2D eigenvalue weighted by atomic mass is 19.1. The van der Waals surface area contributed by atoms with Crippen LogP contribution >= 0.6 is 0 Å². The van der Waals surface area contributed by atoms with Crippen LogP contribution in [0.2, 0.25) is 0 Å². The number of nitriles is 1. The van der Waals surface area contributed by atoms with Crippen molar-refractivity contribution in [3.8, 4) is 6.07 Å². The van der Waals surface area contributed by atoms with E-state index in [1.54, 1.807) is 13.1 Å². The van der Waals surface area contributed by atoms with Crippen LogP contribution in [0.1, 0.15) is 37.8 Å². The van der Waals surface area contributed by atoms with Crippen LogP contribution in [0.5, 0.6) is 0 Å². The normalized spacial score (nSPS) is 18.3. The first-order valence-electron chi connectivity index (χ1n) is 8.17. The fraction of sp³-hybridized carbons (Fsp3) is 0.556. The molecule has 0 bridgehead atoms. The summed E-state index contributed by atoms with van der Waals surface area (Å²) < 4.78 is 13.8. The van der Waals surface area contributed by atoms with E-state index in [-0.39, 0.29) is 5.82 Å². The van der Waals surface area contributed by atoms with Crippen molar-refractivity contribution in [1.82, 2.24) is 10.2 Å². The highest BCUT2D eigenvalue weighted by Gasteiger charge is 2.25. The molecule has 0 spiro atoms. The van der Waals surface area contributed by atoms with E-state index in [9.17, 15) is 4.39 Å². The van der Waals surface area contributed by atoms with Gasteiger partial charge in [-0.15, -0.1) is 0 Å². The van der Waals surface area contributed by atoms with E-state index in [4.69, 9.17) is 5.26 Å². The summed E-state index contributed by atoms with van der Waals surface area (Å²) in [5.41, 5.74) is 0.958. The van der Waals surface area contributed by atoms with Crippen LogP contribution in [-0.2, 0) is 6.54 Å². The SMILES string of the molecule is CN=C(NCc1cc(C#N)ccc1F)N1CCC(CC(C)C)C1. The average Bonchev–Trinajstić information content (AvgIpc) is 2.97. The monoisotopic (exact) mass is 316 g/mol. The van der Waals surface area contributed by atoms with Crippen molar-refractivity contribution in [2.45, 2.75) is 33.2 Å². The summed E-state index contributed by atoms with van der Waals surface area (Å²) in [4.78, 5) is 6.55. The zero-order valence-electron chi connectivity index (χ0n) is 14.1. The largest absolute Gasteiger partial charge is 0.352 e. The fourth-order valence-electron chi connectivity index (χ4n) is 3.17. The smallest absolute Gasteiger partial charge is 0.193 e. The van der Waals surface area contributed by atoms with Crippen molar-refractivity contribution in [3.05, 3.63) is 35.1 Å². The number of likely N-dealkylation sites (tertiary alicyclic amines) is 1. The fourth-order valence-corrected chi connectivity index (χ4v) is 3.17. The van der Waals surface area contributed by atoms with Gasteiger partial charge in [-0.1, -0.05) is 13.8 Å². The van der Waals surface area contributed by atoms with Gasteiger partial charge in [-0.2, -0.15) is 5.26 Å². The van der Waals surface area contributed by atoms with E-state index in [1.807, 2.05) is 6.07 Å². The van der Waals surface area contributed by atoms with Crippen molar-refractivity contribution >= 4 is 5.96 Å². The molecule has 1 fully saturated rings. The standard InChI is InChI=1S/C18H25FN4/c1-13(2)8-15-6-7-23(12-15)18(21-3)22-11-16-9-14(10-20)4-5-17(16)19/h4-5,9,13,15H,6-8,11-12H2,1-3H3,(H,21,22). The molecule has 0 aliphatic carbocycles. The van der Waals surface area contributed by atoms with Crippen molar-refractivity contribution in [2.75, 3.05) is 20.1 Å². The van der Waals surface area contributed by atoms with Gasteiger partial charge in [0.1, 0.15) is 5.82 Å². The topological polar surface area (TPSA) is 51.4 Å². The van der Waals surface area contributed by atoms with Gasteiger partial charge in [-0.25, -0.2) is 4.39 Å². The van der Waals surface area contributed by atoms with Gasteiger partial charge >= 0.3 is 0 Å². The Hall–Kier alpha value is -2.09. The minimum Gasteiger partial charge on any atom is -0.352 e. The quantitative estimate of drug-likeness (QED) is 0.686. The molecule has 1 aliphatic heterocycles. The Kier molecular flexibility index (Phi) is 5.97. The second-order valence-electron chi connectivity index (χ2n) is 6.55. The first kappa shape index (κ1) is 17.3. The summed E-state index contributed by atoms with van der Waals surface area (Å²) in [6.45, 7) is 6.82. The Labute approximate surface area is 138 Å². The summed E-state index contributed by atoms with van der Waals surface area (Å²) in [5, 5.41) is 12.1. The zero-order valence-corrected chi connectivity index (χ0v) is 14.1. The average molecular weight is 316 g/mol. The van der Waals surface area contributed by atoms with Crippen molar-refractivity contribution in [2.24, 2.45) is 16.8 Å². The number of benzene rings is 1. The van der Waals surface area contributed by atoms with E-state index >= 15 is 0 Å². The highest BCUT2D eigenvalue weighted by molar-refractivity contribution is 5.80. The molecular weight excluding hydrogens is 291 g/mol. The molecule has 0 amide bonds. The summed E-state index contributed by atoms with van der Waals surface area (Å²) in [6, 6.07) is 6.46. The molecule has 23 heavy (non-hydrogen) atoms. The Morgan fingerprint density at radius 1 is 1.52 bits per heavy atom. The lowest BCUT2D eigenvalue weighted by Gasteiger charge is -2.22. The van der Waals surface area contributed by atoms with Gasteiger partial charge in [-0.3, -0.25) is 4.99 Å². The number of guanidine groups is 1. The molecule has 1 atom stereocenters. The van der Waals surface area contributed by atoms with Crippen molar-refractivity contribution in [3.63, 3.8) is 0 Å². The molecule has 0 radical (unpaired) electrons. The Balaban J connectivity index is 1.95. The molecule has 5 heteroatoms. The van der Waals surface area contributed by atoms with Gasteiger partial charge < -0.3 is 10.2 Å². The molecule has 1 heterocycles. The minimum absolute atomic E-state index is 0.300. The molecule has 0 aromatic heterocycles. The Morgan fingerprint density at radius 3 is 2.96 bits per heavy atom. The van der Waals surface area contributed by atoms with Crippen LogP contribution in [0.15, 0.2) is 23.2 Å². The molecule has 2 rings (SSSR count). The third-order valence-electron chi connectivity index (χ3n) is 4.21. The molecule has 1 aromatic rings. The number of hydrogen-bond acceptors (Lipinski definition) is 2. The first-order valence-corrected chi connectivity index (χ1v) is 8.17. The van der Waals surface area contributed by atoms with E-state index in [0.717, 1.165) is 19.0 Å². The minimum atomic E-state index is -0.300. The Bertz CT molecular complexity index is 604. The van der Waals surface area contributed by atoms with E-state index in [1.165, 1.54) is 25.0 Å². The Morgan fingerprint density at radius 2 is 2.30 bits per heavy atom. The van der Waals surface area contributed by atoms with E-state index in [2.05, 4.69) is 29.1 Å². The second-order valence-corrected chi connectivity index (χ2v) is 6.55. The number of nitrogens with one attached hydrogen (secondary N) is 1. The van der Waals surface area contributed by atoms with Gasteiger partial charge in [0, 0.05) is 32.2 Å². The molecule has 1 aromatic carbocycles. The zero-order chi connectivity index (χ0) is 16.8. The van der Waals surface area contributed by atoms with Gasteiger partial charge in [0.2, 0.25) is 0 Å². The molecule has 1 N–H and O–H groups in total. The maximum atomic E-state index is 13.8. The van der Waals surface area contributed by atoms with Crippen LogP contribution in [0, 0.1) is 29.0 Å². The third-order valence-corrected chi connectivity index (χ3v) is 4.21. The number of halogens is 1. The number of hydrogen-bond donors (Lipinski definition) is 1. The number of rotatable bonds is 4. The van der Waals surface area contributed by atoms with Crippen LogP contribution in [0.4, 0.5) is 4.39 Å². The number of nitrogens with zero attached hydrogens (tertiary/aromatic N) is 3. The lowest BCUT2D eigenvalue weighted by atomic mass is 9.97. The van der Waals surface area contributed by atoms with Crippen LogP contribution in [0.25, 0.3) is 0 Å². The van der Waals surface area contributed by atoms with E-state index in [0.29, 0.717) is 29.5 Å². The van der Waals surface area contributed by atoms with Crippen LogP contribution in [0.3, 0.4) is 0 Å². The van der Waals surface area contributed by atoms with Crippen LogP contribution in [-0.4, -0.2) is 31.0 Å². The number of aliphatic imine (C=N–C) groups is 1. The molecule has 0 saturated carbocycles. The van der Waals surface area contributed by atoms with Gasteiger partial charge in [-0.05, 0) is 42.9 Å². The lowest BCUT2D eigenvalue weighted by Crippen LogP contribution is -2.39. The summed E-state index contributed by atoms with van der Waals surface area (Å²) in [6.07, 6.45) is 2.41. The van der Waals surface area contributed by atoms with Gasteiger partial charge in [0.05, 0.1) is 11.6 Å². The van der Waals surface area contributed by atoms with Gasteiger partial charge in [0.25, 0.3) is 0 Å². The predicted octanol–water partition coefficient (Wildman–Crippen LogP) is 3.14. The maximum absolute atomic E-state index is 13.8. The summed E-state index contributed by atoms with van der Waals surface area (Å²) in [7, 11) is 1.75. The predicted molar refractivity (Wildman–Crippen MR) is 90.4 cm³/mol. The van der Waals surface area contributed by atoms with Crippen molar-refractivity contribution in [1.29, 1.82) is 5.26 Å². The molecule has 124 valence electrons. The molecule has 1 saturated heterocycles. The molecule has 1 unspecified atom stereocenters. The third kappa shape index (κ3) is 4.69. The second kappa shape index (κ2) is 7.96. The van der Waals surface area contributed by atoms with Gasteiger partial charge in [0.15, 0.2) is 5.96 Å². The summed E-state index contributed by atoms with van der Waals surface area (Å²) in [5.74, 6) is 1.91. The highest BCUT2D eigenvalue weighted by Crippen LogP contribution is 2.23. The van der Waals surface area contributed by atoms with Crippen molar-refractivity contribution < 1.29 is 4.39 Å².